The smallest absolute Gasteiger partial charge is 0.326 e. The average Bonchev–Trinajstić information content (AvgIpc) is 2.37. The molecule has 0 radical (unpaired) electrons. The molecule has 0 bridgehead atoms. The lowest BCUT2D eigenvalue weighted by molar-refractivity contribution is -0.140. The first kappa shape index (κ1) is 15.3. The molecule has 0 spiro atoms. The molecule has 0 aromatic heterocycles. The molecule has 3 N–H and O–H groups in total. The van der Waals surface area contributed by atoms with E-state index in [1.807, 2.05) is 6.92 Å². The fraction of sp³-hybridized carbons (Fsp3) is 0.385. The molecule has 1 aromatic rings. The van der Waals surface area contributed by atoms with E-state index < -0.39 is 18.0 Å². The molecule has 0 saturated heterocycles. The second-order valence-corrected chi connectivity index (χ2v) is 4.74. The summed E-state index contributed by atoms with van der Waals surface area (Å²) in [7, 11) is 0. The van der Waals surface area contributed by atoms with Crippen LogP contribution < -0.4 is 10.6 Å². The summed E-state index contributed by atoms with van der Waals surface area (Å²) in [5.41, 5.74) is 0.551. The highest BCUT2D eigenvalue weighted by Gasteiger charge is 2.25. The average molecular weight is 285 g/mol. The maximum absolute atomic E-state index is 11.7. The van der Waals surface area contributed by atoms with Crippen molar-refractivity contribution in [3.63, 3.8) is 0 Å². The molecule has 104 valence electrons. The Morgan fingerprint density at radius 1 is 1.32 bits per heavy atom. The van der Waals surface area contributed by atoms with Crippen molar-refractivity contribution in [1.82, 2.24) is 5.32 Å². The highest BCUT2D eigenvalue weighted by Crippen LogP contribution is 2.13. The zero-order chi connectivity index (χ0) is 14.4. The molecular weight excluding hydrogens is 268 g/mol. The van der Waals surface area contributed by atoms with E-state index in [0.29, 0.717) is 17.1 Å². The van der Waals surface area contributed by atoms with E-state index in [4.69, 9.17) is 16.7 Å². The van der Waals surface area contributed by atoms with E-state index in [9.17, 15) is 9.59 Å². The van der Waals surface area contributed by atoms with Gasteiger partial charge in [0.2, 0.25) is 0 Å². The Morgan fingerprint density at radius 2 is 1.89 bits per heavy atom. The fourth-order valence-electron chi connectivity index (χ4n) is 1.52. The predicted molar refractivity (Wildman–Crippen MR) is 74.5 cm³/mol. The minimum Gasteiger partial charge on any atom is -0.480 e. The van der Waals surface area contributed by atoms with E-state index >= 15 is 0 Å². The van der Waals surface area contributed by atoms with Crippen LogP contribution in [0.25, 0.3) is 0 Å². The largest absolute Gasteiger partial charge is 0.480 e. The van der Waals surface area contributed by atoms with Gasteiger partial charge in [-0.25, -0.2) is 9.59 Å². The molecule has 2 atom stereocenters. The van der Waals surface area contributed by atoms with Gasteiger partial charge in [-0.2, -0.15) is 0 Å². The number of amides is 2. The summed E-state index contributed by atoms with van der Waals surface area (Å²) in [6.45, 7) is 3.65. The fourth-order valence-corrected chi connectivity index (χ4v) is 1.65. The number of carbonyl (C=O) groups excluding carboxylic acids is 1. The second kappa shape index (κ2) is 6.99. The molecule has 2 amide bonds. The van der Waals surface area contributed by atoms with Gasteiger partial charge >= 0.3 is 12.0 Å². The number of hydrogen-bond acceptors (Lipinski definition) is 2. The monoisotopic (exact) mass is 284 g/mol. The van der Waals surface area contributed by atoms with Crippen molar-refractivity contribution in [3.8, 4) is 0 Å². The first-order valence-electron chi connectivity index (χ1n) is 6.00. The van der Waals surface area contributed by atoms with Crippen LogP contribution in [0.3, 0.4) is 0 Å². The first-order chi connectivity index (χ1) is 8.93. The van der Waals surface area contributed by atoms with Crippen molar-refractivity contribution in [2.24, 2.45) is 5.92 Å². The Kier molecular flexibility index (Phi) is 5.63. The predicted octanol–water partition coefficient (Wildman–Crippen LogP) is 2.96. The van der Waals surface area contributed by atoms with Gasteiger partial charge in [0.1, 0.15) is 6.04 Å². The Labute approximate surface area is 117 Å². The summed E-state index contributed by atoms with van der Waals surface area (Å²) in [4.78, 5) is 22.8. The standard InChI is InChI=1S/C13H17ClN2O3/c1-3-8(2)11(12(17)18)16-13(19)15-10-6-4-9(14)5-7-10/h4-8,11H,3H2,1-2H3,(H,17,18)(H2,15,16,19)/t8?,11-/m1/s1. The lowest BCUT2D eigenvalue weighted by atomic mass is 9.99. The molecule has 0 fully saturated rings. The lowest BCUT2D eigenvalue weighted by Gasteiger charge is -2.20. The number of hydrogen-bond donors (Lipinski definition) is 3. The number of aliphatic carboxylic acids is 1. The molecule has 0 aliphatic carbocycles. The van der Waals surface area contributed by atoms with Crippen LogP contribution in [0.1, 0.15) is 20.3 Å². The van der Waals surface area contributed by atoms with Crippen molar-refractivity contribution < 1.29 is 14.7 Å². The van der Waals surface area contributed by atoms with Crippen molar-refractivity contribution in [1.29, 1.82) is 0 Å². The third-order valence-electron chi connectivity index (χ3n) is 2.87. The van der Waals surface area contributed by atoms with Gasteiger partial charge in [0.15, 0.2) is 0 Å². The van der Waals surface area contributed by atoms with E-state index in [1.54, 1.807) is 31.2 Å². The van der Waals surface area contributed by atoms with E-state index in [1.165, 1.54) is 0 Å². The van der Waals surface area contributed by atoms with Gasteiger partial charge in [0.05, 0.1) is 0 Å². The van der Waals surface area contributed by atoms with Gasteiger partial charge in [-0.1, -0.05) is 31.9 Å². The van der Waals surface area contributed by atoms with Crippen LogP contribution in [0.2, 0.25) is 5.02 Å². The number of anilines is 1. The summed E-state index contributed by atoms with van der Waals surface area (Å²) in [5.74, 6) is -1.19. The maximum atomic E-state index is 11.7. The number of rotatable bonds is 5. The molecule has 1 rings (SSSR count). The minimum atomic E-state index is -1.04. The molecule has 5 nitrogen and oxygen atoms in total. The number of nitrogens with one attached hydrogen (secondary N) is 2. The highest BCUT2D eigenvalue weighted by molar-refractivity contribution is 6.30. The summed E-state index contributed by atoms with van der Waals surface area (Å²) >= 11 is 5.73. The van der Waals surface area contributed by atoms with Crippen LogP contribution in [-0.2, 0) is 4.79 Å². The van der Waals surface area contributed by atoms with Crippen LogP contribution in [0, 0.1) is 5.92 Å². The topological polar surface area (TPSA) is 78.4 Å². The zero-order valence-corrected chi connectivity index (χ0v) is 11.6. The van der Waals surface area contributed by atoms with Crippen molar-refractivity contribution >= 4 is 29.3 Å². The number of benzene rings is 1. The van der Waals surface area contributed by atoms with Crippen LogP contribution in [0.5, 0.6) is 0 Å². The van der Waals surface area contributed by atoms with Gasteiger partial charge in [-0.3, -0.25) is 0 Å². The summed E-state index contributed by atoms with van der Waals surface area (Å²) in [6, 6.07) is 5.11. The third kappa shape index (κ3) is 4.79. The van der Waals surface area contributed by atoms with Crippen molar-refractivity contribution in [2.75, 3.05) is 5.32 Å². The zero-order valence-electron chi connectivity index (χ0n) is 10.8. The molecule has 0 saturated carbocycles. The molecular formula is C13H17ClN2O3. The molecule has 0 aliphatic heterocycles. The van der Waals surface area contributed by atoms with Gasteiger partial charge in [0, 0.05) is 10.7 Å². The van der Waals surface area contributed by atoms with E-state index in [0.717, 1.165) is 0 Å². The molecule has 0 heterocycles. The second-order valence-electron chi connectivity index (χ2n) is 4.31. The lowest BCUT2D eigenvalue weighted by Crippen LogP contribution is -2.46. The van der Waals surface area contributed by atoms with Crippen LogP contribution >= 0.6 is 11.6 Å². The number of carboxylic acid groups (broad SMARTS) is 1. The number of halogens is 1. The normalized spacial score (nSPS) is 13.4. The minimum absolute atomic E-state index is 0.145. The Balaban J connectivity index is 2.62. The highest BCUT2D eigenvalue weighted by atomic mass is 35.5. The van der Waals surface area contributed by atoms with Gasteiger partial charge < -0.3 is 15.7 Å². The number of urea groups is 1. The quantitative estimate of drug-likeness (QED) is 0.778. The van der Waals surface area contributed by atoms with E-state index in [2.05, 4.69) is 10.6 Å². The maximum Gasteiger partial charge on any atom is 0.326 e. The third-order valence-corrected chi connectivity index (χ3v) is 3.12. The Hall–Kier alpha value is -1.75. The number of carbonyl (C=O) groups is 2. The van der Waals surface area contributed by atoms with Crippen LogP contribution in [0.4, 0.5) is 10.5 Å². The van der Waals surface area contributed by atoms with Gasteiger partial charge in [-0.05, 0) is 30.2 Å². The SMILES string of the molecule is CCC(C)[C@@H](NC(=O)Nc1ccc(Cl)cc1)C(=O)O. The summed E-state index contributed by atoms with van der Waals surface area (Å²) < 4.78 is 0. The molecule has 6 heteroatoms. The Morgan fingerprint density at radius 3 is 2.37 bits per heavy atom. The molecule has 0 aliphatic rings. The van der Waals surface area contributed by atoms with Crippen molar-refractivity contribution in [3.05, 3.63) is 29.3 Å². The Bertz CT molecular complexity index is 448. The van der Waals surface area contributed by atoms with Gasteiger partial charge in [0.25, 0.3) is 0 Å². The molecule has 1 unspecified atom stereocenters. The van der Waals surface area contributed by atoms with Crippen molar-refractivity contribution in [2.45, 2.75) is 26.3 Å². The molecule has 19 heavy (non-hydrogen) atoms. The van der Waals surface area contributed by atoms with E-state index in [-0.39, 0.29) is 5.92 Å². The first-order valence-corrected chi connectivity index (χ1v) is 6.37. The number of carboxylic acids is 1. The molecule has 1 aromatic carbocycles. The van der Waals surface area contributed by atoms with Crippen LogP contribution in [-0.4, -0.2) is 23.1 Å². The van der Waals surface area contributed by atoms with Gasteiger partial charge in [-0.15, -0.1) is 0 Å². The van der Waals surface area contributed by atoms with Crippen LogP contribution in [0.15, 0.2) is 24.3 Å². The summed E-state index contributed by atoms with van der Waals surface area (Å²) in [5, 5.41) is 14.6. The summed E-state index contributed by atoms with van der Waals surface area (Å²) in [6.07, 6.45) is 0.665.